The average molecular weight is 460 g/mol. The van der Waals surface area contributed by atoms with Crippen molar-refractivity contribution >= 4 is 61.9 Å². The zero-order chi connectivity index (χ0) is 17.4. The fourth-order valence-corrected chi connectivity index (χ4v) is 0.399. The maximum atomic E-state index is 8.90. The lowest BCUT2D eigenvalue weighted by Crippen LogP contribution is -2.28. The van der Waals surface area contributed by atoms with Crippen molar-refractivity contribution < 1.29 is 4.57 Å². The van der Waals surface area contributed by atoms with Crippen LogP contribution in [0.1, 0.15) is 37.1 Å². The number of hydrogen-bond acceptors (Lipinski definition) is 6. The van der Waals surface area contributed by atoms with E-state index in [0.29, 0.717) is 10.3 Å². The lowest BCUT2D eigenvalue weighted by Gasteiger charge is -1.95. The van der Waals surface area contributed by atoms with E-state index >= 15 is 0 Å². The molecule has 0 aromatic rings. The molecule has 162 valence electrons. The largest absolute Gasteiger partial charge is 0.379 e. The standard InChI is InChI=1S/2C3H8N2S.CH5N.CH3OP.CH3PS.5CH4/c1-5-3(4)6-2;1-4-3(6)5-2;1-2;1-3-2;1-2-3;;;;;/h1-2H3,(H2,4,5);1-2H3,(H2,4,5,6);2H2,1H3;2*1H3;5*1H4. The number of nitrogens with two attached hydrogens (primary N) is 2. The lowest BCUT2D eigenvalue weighted by atomic mass is 11.0. The molecule has 0 rings (SSSR count). The van der Waals surface area contributed by atoms with Crippen LogP contribution >= 0.6 is 39.8 Å². The summed E-state index contributed by atoms with van der Waals surface area (Å²) in [5.74, 6) is 0. The Labute approximate surface area is 178 Å². The molecule has 0 bridgehead atoms. The van der Waals surface area contributed by atoms with Crippen molar-refractivity contribution in [3.63, 3.8) is 0 Å². The molecule has 0 aliphatic carbocycles. The molecule has 25 heavy (non-hydrogen) atoms. The van der Waals surface area contributed by atoms with Crippen LogP contribution in [0.4, 0.5) is 0 Å². The first kappa shape index (κ1) is 63.9. The van der Waals surface area contributed by atoms with E-state index in [1.54, 1.807) is 27.8 Å². The molecule has 0 aliphatic rings. The molecule has 0 heterocycles. The van der Waals surface area contributed by atoms with E-state index in [1.165, 1.54) is 18.8 Å². The van der Waals surface area contributed by atoms with Gasteiger partial charge in [0.2, 0.25) is 0 Å². The molecule has 0 aromatic carbocycles. The van der Waals surface area contributed by atoms with Crippen molar-refractivity contribution in [2.45, 2.75) is 37.1 Å². The first-order valence-corrected chi connectivity index (χ1v) is 10.4. The van der Waals surface area contributed by atoms with Gasteiger partial charge in [0.05, 0.1) is 0 Å². The fraction of sp³-hybridized carbons (Fsp3) is 0.857. The van der Waals surface area contributed by atoms with Crippen molar-refractivity contribution in [3.8, 4) is 0 Å². The van der Waals surface area contributed by atoms with Gasteiger partial charge in [-0.2, -0.15) is 0 Å². The lowest BCUT2D eigenvalue weighted by molar-refractivity contribution is 0.601. The number of nitrogens with one attached hydrogen (secondary N) is 2. The minimum atomic E-state index is 0. The van der Waals surface area contributed by atoms with Gasteiger partial charge in [0.25, 0.3) is 0 Å². The van der Waals surface area contributed by atoms with Crippen LogP contribution < -0.4 is 22.1 Å². The molecule has 0 amide bonds. The molecule has 0 radical (unpaired) electrons. The van der Waals surface area contributed by atoms with Crippen LogP contribution in [0, 0.1) is 0 Å². The van der Waals surface area contributed by atoms with Gasteiger partial charge in [-0.3, -0.25) is 9.56 Å². The second kappa shape index (κ2) is 87.9. The van der Waals surface area contributed by atoms with Crippen molar-refractivity contribution in [2.75, 3.05) is 47.8 Å². The van der Waals surface area contributed by atoms with E-state index in [0.717, 1.165) is 7.36 Å². The molecule has 0 aliphatic heterocycles. The number of thiocarbonyl (C=S) groups is 1. The Hall–Kier alpha value is 0.0900. The summed E-state index contributed by atoms with van der Waals surface area (Å²) in [6.45, 7) is 3.45. The third-order valence-corrected chi connectivity index (χ3v) is 1.89. The van der Waals surface area contributed by atoms with Gasteiger partial charge >= 0.3 is 0 Å². The summed E-state index contributed by atoms with van der Waals surface area (Å²) in [5, 5.41) is 6.78. The van der Waals surface area contributed by atoms with Crippen LogP contribution in [0.5, 0.6) is 0 Å². The minimum Gasteiger partial charge on any atom is -0.379 e. The van der Waals surface area contributed by atoms with Gasteiger partial charge in [0.1, 0.15) is 0 Å². The van der Waals surface area contributed by atoms with Gasteiger partial charge in [0, 0.05) is 27.8 Å². The number of aliphatic imine (C=N–C) groups is 1. The summed E-state index contributed by atoms with van der Waals surface area (Å²) >= 11 is 10.5. The Balaban J connectivity index is -0.0000000141. The molecular weight excluding hydrogens is 412 g/mol. The second-order valence-corrected chi connectivity index (χ2v) is 5.02. The van der Waals surface area contributed by atoms with Gasteiger partial charge < -0.3 is 22.1 Å². The van der Waals surface area contributed by atoms with Crippen molar-refractivity contribution in [1.82, 2.24) is 10.6 Å². The smallest absolute Gasteiger partial charge is 0.165 e. The Morgan fingerprint density at radius 3 is 1.24 bits per heavy atom. The van der Waals surface area contributed by atoms with Gasteiger partial charge in [-0.15, -0.1) is 0 Å². The van der Waals surface area contributed by atoms with Gasteiger partial charge in [-0.05, 0) is 39.5 Å². The monoisotopic (exact) mass is 459 g/mol. The number of hydrogen-bond donors (Lipinski definition) is 4. The predicted octanol–water partition coefficient (Wildman–Crippen LogP) is 4.69. The Morgan fingerprint density at radius 1 is 1.04 bits per heavy atom. The molecule has 6 nitrogen and oxygen atoms in total. The number of rotatable bonds is 0. The molecule has 0 aromatic heterocycles. The van der Waals surface area contributed by atoms with Crippen LogP contribution in [0.3, 0.4) is 0 Å². The van der Waals surface area contributed by atoms with Crippen LogP contribution in [-0.4, -0.2) is 58.1 Å². The molecule has 0 atom stereocenters. The maximum absolute atomic E-state index is 8.90. The Kier molecular flexibility index (Phi) is 225. The van der Waals surface area contributed by atoms with Crippen molar-refractivity contribution in [2.24, 2.45) is 16.5 Å². The normalized spacial score (nSPS) is 6.48. The Bertz CT molecular complexity index is 227. The molecular formula is C14H47N5OP2S3. The third-order valence-electron chi connectivity index (χ3n) is 0.884. The van der Waals surface area contributed by atoms with E-state index in [-0.39, 0.29) is 45.6 Å². The SMILES string of the molecule is C.C.C.C.C.CN.CN=C(N)SC.CNC(=S)NC.CP=O.CP=S. The molecule has 0 unspecified atom stereocenters. The summed E-state index contributed by atoms with van der Waals surface area (Å²) in [4.78, 5) is 3.66. The third kappa shape index (κ3) is 180. The highest BCUT2D eigenvalue weighted by atomic mass is 32.4. The highest BCUT2D eigenvalue weighted by Gasteiger charge is 1.76. The van der Waals surface area contributed by atoms with Crippen molar-refractivity contribution in [3.05, 3.63) is 0 Å². The van der Waals surface area contributed by atoms with Gasteiger partial charge in [-0.1, -0.05) is 60.7 Å². The molecule has 0 saturated heterocycles. The Morgan fingerprint density at radius 2 is 1.24 bits per heavy atom. The quantitative estimate of drug-likeness (QED) is 0.179. The highest BCUT2D eigenvalue weighted by molar-refractivity contribution is 8.13. The summed E-state index contributed by atoms with van der Waals surface area (Å²) in [6.07, 6.45) is 1.89. The molecule has 6 N–H and O–H groups in total. The van der Waals surface area contributed by atoms with Crippen LogP contribution in [0.2, 0.25) is 0 Å². The summed E-state index contributed by atoms with van der Waals surface area (Å²) in [5.41, 5.74) is 9.69. The highest BCUT2D eigenvalue weighted by Crippen LogP contribution is 1.86. The topological polar surface area (TPSA) is 106 Å². The molecule has 0 fully saturated rings. The fourth-order valence-electron chi connectivity index (χ4n) is 0.216. The van der Waals surface area contributed by atoms with E-state index in [1.807, 2.05) is 12.9 Å². The van der Waals surface area contributed by atoms with Crippen LogP contribution in [0.15, 0.2) is 4.99 Å². The van der Waals surface area contributed by atoms with Crippen molar-refractivity contribution in [1.29, 1.82) is 0 Å². The maximum Gasteiger partial charge on any atom is 0.165 e. The first-order chi connectivity index (χ1) is 9.44. The molecule has 11 heteroatoms. The van der Waals surface area contributed by atoms with Crippen LogP contribution in [0.25, 0.3) is 0 Å². The van der Waals surface area contributed by atoms with Crippen LogP contribution in [-0.2, 0) is 16.4 Å². The summed E-state index contributed by atoms with van der Waals surface area (Å²) < 4.78 is 8.90. The first-order valence-electron chi connectivity index (χ1n) is 5.11. The van der Waals surface area contributed by atoms with Gasteiger partial charge in [-0.25, -0.2) is 0 Å². The predicted molar refractivity (Wildman–Crippen MR) is 139 cm³/mol. The zero-order valence-electron chi connectivity index (χ0n) is 13.1. The van der Waals surface area contributed by atoms with Gasteiger partial charge in [0.15, 0.2) is 18.7 Å². The average Bonchev–Trinajstić information content (AvgIpc) is 2.49. The molecule has 0 spiro atoms. The summed E-state index contributed by atoms with van der Waals surface area (Å²) in [7, 11) is 7.89. The minimum absolute atomic E-state index is 0. The molecule has 0 saturated carbocycles. The number of nitrogens with zero attached hydrogens (tertiary/aromatic N) is 1. The summed E-state index contributed by atoms with van der Waals surface area (Å²) in [6, 6.07) is 0. The van der Waals surface area contributed by atoms with E-state index in [2.05, 4.69) is 45.4 Å². The second-order valence-electron chi connectivity index (χ2n) is 1.96. The zero-order valence-corrected chi connectivity index (χ0v) is 17.4. The van der Waals surface area contributed by atoms with E-state index in [9.17, 15) is 0 Å². The number of amidine groups is 1. The van der Waals surface area contributed by atoms with E-state index < -0.39 is 0 Å². The van der Waals surface area contributed by atoms with E-state index in [4.69, 9.17) is 10.3 Å². The number of thioether (sulfide) groups is 1.